The summed E-state index contributed by atoms with van der Waals surface area (Å²) < 4.78 is 5.41. The highest BCUT2D eigenvalue weighted by molar-refractivity contribution is 6.04. The standard InChI is InChI=1S/C27H29N5O3/c28-16-19-3-8-29-25(13-19)27(34)31-21-1-2-24-22(15-21)23(17-30-24)20-4-9-32(10-5-20)26(33)14-18-6-11-35-12-7-18/h1-3,8,13,15,17-18,20,30H,4-7,9-12,14H2,(H,31,34). The number of aromatic amines is 1. The van der Waals surface area contributed by atoms with E-state index in [2.05, 4.69) is 21.5 Å². The average Bonchev–Trinajstić information content (AvgIpc) is 3.32. The minimum absolute atomic E-state index is 0.205. The Hall–Kier alpha value is -3.70. The number of carbonyl (C=O) groups is 2. The molecule has 2 aromatic heterocycles. The molecule has 5 rings (SSSR count). The van der Waals surface area contributed by atoms with Crippen LogP contribution in [0.3, 0.4) is 0 Å². The number of aromatic nitrogens is 2. The van der Waals surface area contributed by atoms with Crippen molar-refractivity contribution in [3.63, 3.8) is 0 Å². The van der Waals surface area contributed by atoms with E-state index in [-0.39, 0.29) is 17.5 Å². The van der Waals surface area contributed by atoms with Gasteiger partial charge in [-0.3, -0.25) is 14.6 Å². The van der Waals surface area contributed by atoms with E-state index in [0.717, 1.165) is 62.9 Å². The summed E-state index contributed by atoms with van der Waals surface area (Å²) in [7, 11) is 0. The van der Waals surface area contributed by atoms with E-state index in [0.29, 0.717) is 29.5 Å². The number of ether oxygens (including phenoxy) is 1. The number of amides is 2. The molecule has 2 saturated heterocycles. The Bertz CT molecular complexity index is 1260. The molecule has 35 heavy (non-hydrogen) atoms. The second-order valence-corrected chi connectivity index (χ2v) is 9.41. The number of benzene rings is 1. The number of rotatable bonds is 5. The van der Waals surface area contributed by atoms with Crippen LogP contribution in [0, 0.1) is 17.2 Å². The number of hydrogen-bond acceptors (Lipinski definition) is 5. The molecule has 2 aliphatic heterocycles. The van der Waals surface area contributed by atoms with Crippen LogP contribution in [0.15, 0.2) is 42.7 Å². The normalized spacial score (nSPS) is 17.3. The molecule has 0 spiro atoms. The first-order chi connectivity index (χ1) is 17.1. The van der Waals surface area contributed by atoms with Gasteiger partial charge in [-0.25, -0.2) is 0 Å². The Morgan fingerprint density at radius 3 is 2.71 bits per heavy atom. The summed E-state index contributed by atoms with van der Waals surface area (Å²) in [5.41, 5.74) is 3.51. The van der Waals surface area contributed by atoms with Gasteiger partial charge in [0, 0.05) is 61.7 Å². The fraction of sp³-hybridized carbons (Fsp3) is 0.407. The predicted molar refractivity (Wildman–Crippen MR) is 132 cm³/mol. The van der Waals surface area contributed by atoms with E-state index in [1.54, 1.807) is 6.07 Å². The molecule has 180 valence electrons. The van der Waals surface area contributed by atoms with Gasteiger partial charge in [-0.05, 0) is 73.4 Å². The van der Waals surface area contributed by atoms with Crippen molar-refractivity contribution in [2.75, 3.05) is 31.6 Å². The van der Waals surface area contributed by atoms with Gasteiger partial charge in [0.15, 0.2) is 0 Å². The van der Waals surface area contributed by atoms with E-state index in [4.69, 9.17) is 10.00 Å². The van der Waals surface area contributed by atoms with Crippen molar-refractivity contribution in [2.24, 2.45) is 5.92 Å². The number of likely N-dealkylation sites (tertiary alicyclic amines) is 1. The summed E-state index contributed by atoms with van der Waals surface area (Å²) in [4.78, 5) is 34.9. The Morgan fingerprint density at radius 1 is 1.14 bits per heavy atom. The van der Waals surface area contributed by atoms with E-state index in [9.17, 15) is 9.59 Å². The number of nitrogens with one attached hydrogen (secondary N) is 2. The molecule has 2 N–H and O–H groups in total. The Balaban J connectivity index is 1.24. The van der Waals surface area contributed by atoms with Crippen molar-refractivity contribution >= 4 is 28.4 Å². The highest BCUT2D eigenvalue weighted by atomic mass is 16.5. The third kappa shape index (κ3) is 5.20. The highest BCUT2D eigenvalue weighted by Gasteiger charge is 2.27. The van der Waals surface area contributed by atoms with Crippen molar-refractivity contribution in [1.82, 2.24) is 14.9 Å². The molecular weight excluding hydrogens is 442 g/mol. The number of carbonyl (C=O) groups excluding carboxylic acids is 2. The number of pyridine rings is 1. The quantitative estimate of drug-likeness (QED) is 0.579. The van der Waals surface area contributed by atoms with Gasteiger partial charge in [0.25, 0.3) is 5.91 Å². The summed E-state index contributed by atoms with van der Waals surface area (Å²) in [6.45, 7) is 3.09. The minimum Gasteiger partial charge on any atom is -0.381 e. The van der Waals surface area contributed by atoms with E-state index in [1.165, 1.54) is 17.8 Å². The third-order valence-corrected chi connectivity index (χ3v) is 7.18. The van der Waals surface area contributed by atoms with Crippen molar-refractivity contribution in [3.05, 3.63) is 59.5 Å². The minimum atomic E-state index is -0.352. The smallest absolute Gasteiger partial charge is 0.274 e. The first-order valence-electron chi connectivity index (χ1n) is 12.2. The van der Waals surface area contributed by atoms with Gasteiger partial charge in [0.2, 0.25) is 5.91 Å². The maximum absolute atomic E-state index is 12.8. The molecular formula is C27H29N5O3. The van der Waals surface area contributed by atoms with E-state index < -0.39 is 0 Å². The fourth-order valence-electron chi connectivity index (χ4n) is 5.14. The van der Waals surface area contributed by atoms with E-state index in [1.807, 2.05) is 29.2 Å². The van der Waals surface area contributed by atoms with Crippen LogP contribution >= 0.6 is 0 Å². The van der Waals surface area contributed by atoms with Gasteiger partial charge in [0.05, 0.1) is 11.6 Å². The SMILES string of the molecule is N#Cc1ccnc(C(=O)Nc2ccc3[nH]cc(C4CCN(C(=O)CC5CCOCC5)CC4)c3c2)c1. The lowest BCUT2D eigenvalue weighted by Gasteiger charge is -2.33. The Morgan fingerprint density at radius 2 is 1.94 bits per heavy atom. The van der Waals surface area contributed by atoms with Crippen LogP contribution in [0.1, 0.15) is 59.6 Å². The molecule has 0 radical (unpaired) electrons. The lowest BCUT2D eigenvalue weighted by molar-refractivity contribution is -0.133. The summed E-state index contributed by atoms with van der Waals surface area (Å²) >= 11 is 0. The topological polar surface area (TPSA) is 111 Å². The molecule has 0 aliphatic carbocycles. The molecule has 2 amide bonds. The van der Waals surface area contributed by atoms with Gasteiger partial charge in [-0.2, -0.15) is 5.26 Å². The molecule has 2 aliphatic rings. The van der Waals surface area contributed by atoms with Gasteiger partial charge >= 0.3 is 0 Å². The molecule has 4 heterocycles. The molecule has 2 fully saturated rings. The number of nitrogens with zero attached hydrogens (tertiary/aromatic N) is 3. The zero-order chi connectivity index (χ0) is 24.2. The molecule has 0 atom stereocenters. The fourth-order valence-corrected chi connectivity index (χ4v) is 5.14. The molecule has 8 heteroatoms. The predicted octanol–water partition coefficient (Wildman–Crippen LogP) is 4.21. The second-order valence-electron chi connectivity index (χ2n) is 9.41. The highest BCUT2D eigenvalue weighted by Crippen LogP contribution is 2.35. The number of H-pyrrole nitrogens is 1. The van der Waals surface area contributed by atoms with Crippen molar-refractivity contribution in [3.8, 4) is 6.07 Å². The number of anilines is 1. The van der Waals surface area contributed by atoms with Crippen LogP contribution in [0.4, 0.5) is 5.69 Å². The van der Waals surface area contributed by atoms with Gasteiger partial charge in [-0.15, -0.1) is 0 Å². The lowest BCUT2D eigenvalue weighted by atomic mass is 9.88. The van der Waals surface area contributed by atoms with Gasteiger partial charge in [-0.1, -0.05) is 0 Å². The molecule has 3 aromatic rings. The van der Waals surface area contributed by atoms with Crippen LogP contribution in [0.25, 0.3) is 10.9 Å². The third-order valence-electron chi connectivity index (χ3n) is 7.18. The van der Waals surface area contributed by atoms with Crippen molar-refractivity contribution in [2.45, 2.75) is 38.0 Å². The summed E-state index contributed by atoms with van der Waals surface area (Å²) in [5, 5.41) is 13.0. The Kier molecular flexibility index (Phi) is 6.77. The largest absolute Gasteiger partial charge is 0.381 e. The summed E-state index contributed by atoms with van der Waals surface area (Å²) in [5.74, 6) is 0.729. The first kappa shape index (κ1) is 23.1. The Labute approximate surface area is 204 Å². The van der Waals surface area contributed by atoms with Gasteiger partial charge < -0.3 is 19.9 Å². The first-order valence-corrected chi connectivity index (χ1v) is 12.2. The van der Waals surface area contributed by atoms with Crippen LogP contribution in [0.2, 0.25) is 0 Å². The molecule has 0 bridgehead atoms. The summed E-state index contributed by atoms with van der Waals surface area (Å²) in [6, 6.07) is 10.9. The molecule has 8 nitrogen and oxygen atoms in total. The van der Waals surface area contributed by atoms with Crippen LogP contribution in [0.5, 0.6) is 0 Å². The number of nitriles is 1. The molecule has 0 saturated carbocycles. The maximum Gasteiger partial charge on any atom is 0.274 e. The number of fused-ring (bicyclic) bond motifs is 1. The summed E-state index contributed by atoms with van der Waals surface area (Å²) in [6.07, 6.45) is 7.96. The number of hydrogen-bond donors (Lipinski definition) is 2. The van der Waals surface area contributed by atoms with E-state index >= 15 is 0 Å². The second kappa shape index (κ2) is 10.3. The van der Waals surface area contributed by atoms with Gasteiger partial charge in [0.1, 0.15) is 5.69 Å². The van der Waals surface area contributed by atoms with Crippen molar-refractivity contribution < 1.29 is 14.3 Å². The van der Waals surface area contributed by atoms with Crippen LogP contribution < -0.4 is 5.32 Å². The zero-order valence-electron chi connectivity index (χ0n) is 19.6. The maximum atomic E-state index is 12.8. The number of piperidine rings is 1. The molecule has 0 unspecified atom stereocenters. The average molecular weight is 472 g/mol. The van der Waals surface area contributed by atoms with Crippen molar-refractivity contribution in [1.29, 1.82) is 5.26 Å². The zero-order valence-corrected chi connectivity index (χ0v) is 19.6. The van der Waals surface area contributed by atoms with Crippen LogP contribution in [-0.4, -0.2) is 53.0 Å². The molecule has 1 aromatic carbocycles. The van der Waals surface area contributed by atoms with Crippen LogP contribution in [-0.2, 0) is 9.53 Å². The lowest BCUT2D eigenvalue weighted by Crippen LogP contribution is -2.39. The monoisotopic (exact) mass is 471 g/mol.